The normalized spacial score (nSPS) is 15.6. The summed E-state index contributed by atoms with van der Waals surface area (Å²) in [6.45, 7) is 3.87. The standard InChI is InChI=1S/C17H19ClN2O2/c1-10-5-3-4-6-13(10)16(12-7-8-12)19-15(21)9-14-11(2)20-22-17(14)18/h3-6,12,16H,7-9H2,1-2H3,(H,19,21)/t16-/m1/s1. The van der Waals surface area contributed by atoms with Gasteiger partial charge >= 0.3 is 0 Å². The van der Waals surface area contributed by atoms with E-state index in [1.807, 2.05) is 12.1 Å². The van der Waals surface area contributed by atoms with E-state index in [2.05, 4.69) is 29.5 Å². The van der Waals surface area contributed by atoms with E-state index in [0.29, 0.717) is 17.2 Å². The molecule has 1 atom stereocenters. The molecule has 1 N–H and O–H groups in total. The molecule has 0 spiro atoms. The maximum Gasteiger partial charge on any atom is 0.229 e. The van der Waals surface area contributed by atoms with Crippen LogP contribution in [0.1, 0.15) is 41.3 Å². The molecule has 1 fully saturated rings. The monoisotopic (exact) mass is 318 g/mol. The summed E-state index contributed by atoms with van der Waals surface area (Å²) in [5.41, 5.74) is 3.74. The zero-order valence-electron chi connectivity index (χ0n) is 12.7. The number of halogens is 1. The van der Waals surface area contributed by atoms with Crippen molar-refractivity contribution in [3.05, 3.63) is 51.9 Å². The van der Waals surface area contributed by atoms with E-state index in [1.165, 1.54) is 11.1 Å². The van der Waals surface area contributed by atoms with Gasteiger partial charge in [0.2, 0.25) is 11.1 Å². The highest BCUT2D eigenvalue weighted by Gasteiger charge is 2.34. The Balaban J connectivity index is 1.75. The van der Waals surface area contributed by atoms with Crippen LogP contribution in [0.15, 0.2) is 28.8 Å². The van der Waals surface area contributed by atoms with E-state index in [-0.39, 0.29) is 23.6 Å². The first kappa shape index (κ1) is 15.1. The average Bonchev–Trinajstić information content (AvgIpc) is 3.28. The van der Waals surface area contributed by atoms with Gasteiger partial charge in [-0.25, -0.2) is 0 Å². The van der Waals surface area contributed by atoms with Crippen molar-refractivity contribution in [1.82, 2.24) is 10.5 Å². The number of nitrogens with zero attached hydrogens (tertiary/aromatic N) is 1. The molecule has 1 aliphatic rings. The Morgan fingerprint density at radius 3 is 2.73 bits per heavy atom. The van der Waals surface area contributed by atoms with E-state index in [1.54, 1.807) is 6.92 Å². The van der Waals surface area contributed by atoms with Gasteiger partial charge in [-0.2, -0.15) is 0 Å². The summed E-state index contributed by atoms with van der Waals surface area (Å²) < 4.78 is 4.90. The fourth-order valence-electron chi connectivity index (χ4n) is 2.76. The summed E-state index contributed by atoms with van der Waals surface area (Å²) in [5, 5.41) is 7.14. The first-order valence-corrected chi connectivity index (χ1v) is 7.89. The number of hydrogen-bond donors (Lipinski definition) is 1. The van der Waals surface area contributed by atoms with Gasteiger partial charge in [0.1, 0.15) is 0 Å². The van der Waals surface area contributed by atoms with Crippen LogP contribution in [0.25, 0.3) is 0 Å². The predicted octanol–water partition coefficient (Wildman–Crippen LogP) is 3.75. The molecular weight excluding hydrogens is 300 g/mol. The summed E-state index contributed by atoms with van der Waals surface area (Å²) >= 11 is 5.93. The van der Waals surface area contributed by atoms with Gasteiger partial charge in [-0.05, 0) is 55.3 Å². The SMILES string of the molecule is Cc1ccccc1[C@H](NC(=O)Cc1c(C)noc1Cl)C1CC1. The minimum absolute atomic E-state index is 0.0478. The van der Waals surface area contributed by atoms with Gasteiger partial charge in [0.25, 0.3) is 0 Å². The van der Waals surface area contributed by atoms with E-state index >= 15 is 0 Å². The van der Waals surface area contributed by atoms with Crippen molar-refractivity contribution < 1.29 is 9.32 Å². The van der Waals surface area contributed by atoms with Crippen molar-refractivity contribution >= 4 is 17.5 Å². The van der Waals surface area contributed by atoms with Crippen LogP contribution < -0.4 is 5.32 Å². The smallest absolute Gasteiger partial charge is 0.229 e. The predicted molar refractivity (Wildman–Crippen MR) is 84.7 cm³/mol. The van der Waals surface area contributed by atoms with Gasteiger partial charge < -0.3 is 9.84 Å². The number of aryl methyl sites for hydroxylation is 2. The Kier molecular flexibility index (Phi) is 4.21. The largest absolute Gasteiger partial charge is 0.349 e. The lowest BCUT2D eigenvalue weighted by molar-refractivity contribution is -0.121. The summed E-state index contributed by atoms with van der Waals surface area (Å²) in [6, 6.07) is 8.29. The van der Waals surface area contributed by atoms with E-state index < -0.39 is 0 Å². The molecule has 0 radical (unpaired) electrons. The minimum atomic E-state index is -0.0478. The number of hydrogen-bond acceptors (Lipinski definition) is 3. The van der Waals surface area contributed by atoms with E-state index in [0.717, 1.165) is 12.8 Å². The highest BCUT2D eigenvalue weighted by molar-refractivity contribution is 6.29. The first-order valence-electron chi connectivity index (χ1n) is 7.52. The number of nitrogens with one attached hydrogen (secondary N) is 1. The lowest BCUT2D eigenvalue weighted by Crippen LogP contribution is -2.31. The van der Waals surface area contributed by atoms with Gasteiger partial charge in [-0.15, -0.1) is 0 Å². The van der Waals surface area contributed by atoms with Crippen LogP contribution in [0, 0.1) is 19.8 Å². The number of rotatable bonds is 5. The second kappa shape index (κ2) is 6.13. The van der Waals surface area contributed by atoms with Crippen LogP contribution in [-0.2, 0) is 11.2 Å². The molecule has 1 aromatic carbocycles. The molecule has 1 amide bonds. The number of aromatic nitrogens is 1. The zero-order valence-corrected chi connectivity index (χ0v) is 13.5. The summed E-state index contributed by atoms with van der Waals surface area (Å²) in [7, 11) is 0. The molecule has 0 bridgehead atoms. The van der Waals surface area contributed by atoms with Crippen LogP contribution >= 0.6 is 11.6 Å². The zero-order chi connectivity index (χ0) is 15.7. The number of benzene rings is 1. The molecule has 22 heavy (non-hydrogen) atoms. The van der Waals surface area contributed by atoms with Crippen molar-refractivity contribution in [2.75, 3.05) is 0 Å². The van der Waals surface area contributed by atoms with Gasteiger partial charge in [-0.1, -0.05) is 29.4 Å². The second-order valence-electron chi connectivity index (χ2n) is 5.94. The van der Waals surface area contributed by atoms with Gasteiger partial charge in [0.05, 0.1) is 18.2 Å². The summed E-state index contributed by atoms with van der Waals surface area (Å²) in [5.74, 6) is 0.484. The van der Waals surface area contributed by atoms with Gasteiger partial charge in [-0.3, -0.25) is 4.79 Å². The molecule has 1 heterocycles. The Labute approximate surface area is 134 Å². The number of amides is 1. The first-order chi connectivity index (χ1) is 10.6. The molecule has 0 aliphatic heterocycles. The molecule has 4 nitrogen and oxygen atoms in total. The molecule has 0 saturated heterocycles. The molecule has 1 aliphatic carbocycles. The van der Waals surface area contributed by atoms with Crippen molar-refractivity contribution in [3.8, 4) is 0 Å². The fraction of sp³-hybridized carbons (Fsp3) is 0.412. The van der Waals surface area contributed by atoms with E-state index in [4.69, 9.17) is 16.1 Å². The van der Waals surface area contributed by atoms with Crippen LogP contribution in [0.5, 0.6) is 0 Å². The molecule has 116 valence electrons. The van der Waals surface area contributed by atoms with Crippen molar-refractivity contribution in [2.24, 2.45) is 5.92 Å². The van der Waals surface area contributed by atoms with Crippen LogP contribution in [0.4, 0.5) is 0 Å². The Hall–Kier alpha value is -1.81. The average molecular weight is 319 g/mol. The molecule has 5 heteroatoms. The van der Waals surface area contributed by atoms with Crippen molar-refractivity contribution in [2.45, 2.75) is 39.2 Å². The highest BCUT2D eigenvalue weighted by Crippen LogP contribution is 2.41. The summed E-state index contributed by atoms with van der Waals surface area (Å²) in [4.78, 5) is 12.4. The third-order valence-electron chi connectivity index (χ3n) is 4.21. The third kappa shape index (κ3) is 3.17. The van der Waals surface area contributed by atoms with Crippen LogP contribution in [0.2, 0.25) is 5.22 Å². The minimum Gasteiger partial charge on any atom is -0.349 e. The third-order valence-corrected chi connectivity index (χ3v) is 4.50. The molecule has 0 unspecified atom stereocenters. The summed E-state index contributed by atoms with van der Waals surface area (Å²) in [6.07, 6.45) is 2.52. The maximum absolute atomic E-state index is 12.4. The Bertz CT molecular complexity index is 672. The molecule has 3 rings (SSSR count). The number of carbonyl (C=O) groups excluding carboxylic acids is 1. The lowest BCUT2D eigenvalue weighted by atomic mass is 9.97. The maximum atomic E-state index is 12.4. The molecule has 1 aromatic heterocycles. The van der Waals surface area contributed by atoms with Crippen molar-refractivity contribution in [1.29, 1.82) is 0 Å². The van der Waals surface area contributed by atoms with Crippen LogP contribution in [0.3, 0.4) is 0 Å². The Morgan fingerprint density at radius 1 is 1.41 bits per heavy atom. The van der Waals surface area contributed by atoms with Gasteiger partial charge in [0.15, 0.2) is 0 Å². The number of carbonyl (C=O) groups is 1. The highest BCUT2D eigenvalue weighted by atomic mass is 35.5. The van der Waals surface area contributed by atoms with Crippen molar-refractivity contribution in [3.63, 3.8) is 0 Å². The second-order valence-corrected chi connectivity index (χ2v) is 6.28. The molecule has 1 saturated carbocycles. The Morgan fingerprint density at radius 2 is 2.14 bits per heavy atom. The fourth-order valence-corrected chi connectivity index (χ4v) is 3.00. The topological polar surface area (TPSA) is 55.1 Å². The molecule has 2 aromatic rings. The lowest BCUT2D eigenvalue weighted by Gasteiger charge is -2.20. The van der Waals surface area contributed by atoms with Crippen LogP contribution in [-0.4, -0.2) is 11.1 Å². The molecular formula is C17H19ClN2O2. The quantitative estimate of drug-likeness (QED) is 0.913. The van der Waals surface area contributed by atoms with Gasteiger partial charge in [0, 0.05) is 5.56 Å². The van der Waals surface area contributed by atoms with E-state index in [9.17, 15) is 4.79 Å².